The molecule has 1 aromatic heterocycles. The van der Waals surface area contributed by atoms with Crippen molar-refractivity contribution in [3.63, 3.8) is 0 Å². The summed E-state index contributed by atoms with van der Waals surface area (Å²) >= 11 is 0. The summed E-state index contributed by atoms with van der Waals surface area (Å²) in [4.78, 5) is 12.8. The van der Waals surface area contributed by atoms with Crippen molar-refractivity contribution >= 4 is 11.6 Å². The lowest BCUT2D eigenvalue weighted by Crippen LogP contribution is -2.12. The van der Waals surface area contributed by atoms with E-state index in [-0.39, 0.29) is 5.76 Å². The SMILES string of the molecule is COc1cc(OC)c(Cc2ccc(C(=O)Nc3c(OC)cccc3OC)o2)c(OC)c1. The van der Waals surface area contributed by atoms with E-state index in [1.54, 1.807) is 63.8 Å². The molecule has 8 heteroatoms. The van der Waals surface area contributed by atoms with E-state index in [2.05, 4.69) is 5.32 Å². The predicted octanol–water partition coefficient (Wildman–Crippen LogP) is 4.17. The summed E-state index contributed by atoms with van der Waals surface area (Å²) < 4.78 is 32.7. The lowest BCUT2D eigenvalue weighted by Gasteiger charge is -2.14. The fourth-order valence-electron chi connectivity index (χ4n) is 3.17. The zero-order valence-electron chi connectivity index (χ0n) is 18.1. The Bertz CT molecular complexity index is 1010. The molecule has 1 heterocycles. The van der Waals surface area contributed by atoms with E-state index >= 15 is 0 Å². The minimum absolute atomic E-state index is 0.148. The van der Waals surface area contributed by atoms with Crippen LogP contribution in [0.2, 0.25) is 0 Å². The van der Waals surface area contributed by atoms with E-state index in [1.807, 2.05) is 0 Å². The van der Waals surface area contributed by atoms with Gasteiger partial charge in [-0.3, -0.25) is 4.79 Å². The molecule has 0 unspecified atom stereocenters. The molecule has 164 valence electrons. The minimum atomic E-state index is -0.428. The predicted molar refractivity (Wildman–Crippen MR) is 115 cm³/mol. The van der Waals surface area contributed by atoms with E-state index in [0.717, 1.165) is 5.56 Å². The van der Waals surface area contributed by atoms with Gasteiger partial charge in [0.05, 0.1) is 35.5 Å². The molecule has 31 heavy (non-hydrogen) atoms. The molecule has 0 saturated heterocycles. The average Bonchev–Trinajstić information content (AvgIpc) is 3.27. The molecule has 0 fully saturated rings. The molecule has 0 aliphatic carbocycles. The van der Waals surface area contributed by atoms with Crippen LogP contribution >= 0.6 is 0 Å². The third-order valence-corrected chi connectivity index (χ3v) is 4.72. The second-order valence-corrected chi connectivity index (χ2v) is 6.44. The lowest BCUT2D eigenvalue weighted by atomic mass is 10.1. The molecule has 0 atom stereocenters. The number of methoxy groups -OCH3 is 5. The molecule has 3 rings (SSSR count). The first-order valence-electron chi connectivity index (χ1n) is 9.44. The van der Waals surface area contributed by atoms with Crippen LogP contribution < -0.4 is 29.0 Å². The molecule has 1 N–H and O–H groups in total. The van der Waals surface area contributed by atoms with Crippen LogP contribution in [0.1, 0.15) is 21.9 Å². The minimum Gasteiger partial charge on any atom is -0.496 e. The van der Waals surface area contributed by atoms with Gasteiger partial charge in [0, 0.05) is 24.1 Å². The van der Waals surface area contributed by atoms with E-state index in [0.29, 0.717) is 46.6 Å². The average molecular weight is 427 g/mol. The summed E-state index contributed by atoms with van der Waals surface area (Å²) in [6, 6.07) is 12.1. The molecule has 0 saturated carbocycles. The number of hydrogen-bond donors (Lipinski definition) is 1. The van der Waals surface area contributed by atoms with Gasteiger partial charge in [0.25, 0.3) is 5.91 Å². The number of anilines is 1. The molecule has 2 aromatic carbocycles. The van der Waals surface area contributed by atoms with Gasteiger partial charge in [-0.2, -0.15) is 0 Å². The second-order valence-electron chi connectivity index (χ2n) is 6.44. The summed E-state index contributed by atoms with van der Waals surface area (Å²) in [6.45, 7) is 0. The highest BCUT2D eigenvalue weighted by Crippen LogP contribution is 2.37. The standard InChI is InChI=1S/C23H25NO7/c1-26-15-12-20(29-4)16(21(13-15)30-5)11-14-9-10-19(31-14)23(25)24-22-17(27-2)7-6-8-18(22)28-3/h6-10,12-13H,11H2,1-5H3,(H,24,25). The van der Waals surface area contributed by atoms with Crippen molar-refractivity contribution in [3.05, 3.63) is 59.5 Å². The monoisotopic (exact) mass is 427 g/mol. The Kier molecular flexibility index (Phi) is 6.92. The first kappa shape index (κ1) is 21.9. The zero-order chi connectivity index (χ0) is 22.4. The quantitative estimate of drug-likeness (QED) is 0.548. The van der Waals surface area contributed by atoms with Crippen molar-refractivity contribution in [2.75, 3.05) is 40.9 Å². The number of ether oxygens (including phenoxy) is 5. The normalized spacial score (nSPS) is 10.4. The molecular weight excluding hydrogens is 402 g/mol. The Morgan fingerprint density at radius 2 is 1.39 bits per heavy atom. The van der Waals surface area contributed by atoms with Gasteiger partial charge in [-0.25, -0.2) is 0 Å². The molecule has 8 nitrogen and oxygen atoms in total. The van der Waals surface area contributed by atoms with Crippen LogP contribution in [0.4, 0.5) is 5.69 Å². The number of furan rings is 1. The number of carbonyl (C=O) groups is 1. The van der Waals surface area contributed by atoms with Gasteiger partial charge in [-0.05, 0) is 24.3 Å². The number of amides is 1. The maximum absolute atomic E-state index is 12.8. The highest BCUT2D eigenvalue weighted by Gasteiger charge is 2.19. The largest absolute Gasteiger partial charge is 0.496 e. The summed E-state index contributed by atoms with van der Waals surface area (Å²) in [5.41, 5.74) is 1.20. The smallest absolute Gasteiger partial charge is 0.291 e. The van der Waals surface area contributed by atoms with Crippen LogP contribution in [0, 0.1) is 0 Å². The number of hydrogen-bond acceptors (Lipinski definition) is 7. The maximum atomic E-state index is 12.8. The fraction of sp³-hybridized carbons (Fsp3) is 0.261. The van der Waals surface area contributed by atoms with Crippen molar-refractivity contribution < 1.29 is 32.9 Å². The van der Waals surface area contributed by atoms with Crippen molar-refractivity contribution in [2.45, 2.75) is 6.42 Å². The Hall–Kier alpha value is -3.81. The van der Waals surface area contributed by atoms with Crippen LogP contribution in [0.3, 0.4) is 0 Å². The van der Waals surface area contributed by atoms with Gasteiger partial charge in [-0.15, -0.1) is 0 Å². The fourth-order valence-corrected chi connectivity index (χ4v) is 3.17. The van der Waals surface area contributed by atoms with Gasteiger partial charge >= 0.3 is 0 Å². The number of benzene rings is 2. The number of nitrogens with one attached hydrogen (secondary N) is 1. The molecule has 1 amide bonds. The maximum Gasteiger partial charge on any atom is 0.291 e. The number of para-hydroxylation sites is 1. The Morgan fingerprint density at radius 3 is 1.90 bits per heavy atom. The Balaban J connectivity index is 1.84. The Labute approximate surface area is 180 Å². The van der Waals surface area contributed by atoms with E-state index < -0.39 is 5.91 Å². The van der Waals surface area contributed by atoms with Gasteiger partial charge in [-0.1, -0.05) is 6.07 Å². The number of carbonyl (C=O) groups excluding carboxylic acids is 1. The lowest BCUT2D eigenvalue weighted by molar-refractivity contribution is 0.0994. The zero-order valence-corrected chi connectivity index (χ0v) is 18.1. The van der Waals surface area contributed by atoms with E-state index in [4.69, 9.17) is 28.1 Å². The molecule has 0 aliphatic heterocycles. The van der Waals surface area contributed by atoms with Gasteiger partial charge in [0.2, 0.25) is 0 Å². The van der Waals surface area contributed by atoms with Crippen LogP contribution in [0.15, 0.2) is 46.9 Å². The van der Waals surface area contributed by atoms with Gasteiger partial charge < -0.3 is 33.4 Å². The van der Waals surface area contributed by atoms with E-state index in [9.17, 15) is 4.79 Å². The van der Waals surface area contributed by atoms with Gasteiger partial charge in [0.15, 0.2) is 5.76 Å². The third-order valence-electron chi connectivity index (χ3n) is 4.72. The first-order chi connectivity index (χ1) is 15.0. The first-order valence-corrected chi connectivity index (χ1v) is 9.44. The molecule has 0 spiro atoms. The highest BCUT2D eigenvalue weighted by molar-refractivity contribution is 6.04. The highest BCUT2D eigenvalue weighted by atomic mass is 16.5. The van der Waals surface area contributed by atoms with Crippen molar-refractivity contribution in [2.24, 2.45) is 0 Å². The number of rotatable bonds is 9. The summed E-state index contributed by atoms with van der Waals surface area (Å²) in [7, 11) is 7.75. The van der Waals surface area contributed by atoms with Crippen molar-refractivity contribution in [1.29, 1.82) is 0 Å². The van der Waals surface area contributed by atoms with Crippen LogP contribution in [-0.2, 0) is 6.42 Å². The third kappa shape index (κ3) is 4.69. The molecular formula is C23H25NO7. The van der Waals surface area contributed by atoms with Gasteiger partial charge in [0.1, 0.15) is 40.2 Å². The van der Waals surface area contributed by atoms with Crippen molar-refractivity contribution in [1.82, 2.24) is 0 Å². The second kappa shape index (κ2) is 9.80. The topological polar surface area (TPSA) is 88.4 Å². The molecule has 0 bridgehead atoms. The van der Waals surface area contributed by atoms with Crippen molar-refractivity contribution in [3.8, 4) is 28.7 Å². The van der Waals surface area contributed by atoms with Crippen LogP contribution in [0.25, 0.3) is 0 Å². The van der Waals surface area contributed by atoms with E-state index in [1.165, 1.54) is 14.2 Å². The Morgan fingerprint density at radius 1 is 0.806 bits per heavy atom. The van der Waals surface area contributed by atoms with Crippen LogP contribution in [-0.4, -0.2) is 41.5 Å². The summed E-state index contributed by atoms with van der Waals surface area (Å²) in [6.07, 6.45) is 0.363. The molecule has 0 aliphatic rings. The molecule has 3 aromatic rings. The van der Waals surface area contributed by atoms with Crippen LogP contribution in [0.5, 0.6) is 28.7 Å². The molecule has 0 radical (unpaired) electrons. The summed E-state index contributed by atoms with van der Waals surface area (Å²) in [5, 5.41) is 2.79. The summed E-state index contributed by atoms with van der Waals surface area (Å²) in [5.74, 6) is 3.05.